The first-order valence-electron chi connectivity index (χ1n) is 5.04. The molecular formula is C10H16N2O4S. The summed E-state index contributed by atoms with van der Waals surface area (Å²) in [5.41, 5.74) is -0.699. The van der Waals surface area contributed by atoms with E-state index < -0.39 is 23.3 Å². The number of ether oxygens (including phenoxy) is 1. The molecule has 0 aromatic carbocycles. The molecule has 2 N–H and O–H groups in total. The van der Waals surface area contributed by atoms with Gasteiger partial charge in [-0.05, 0) is 33.1 Å². The van der Waals surface area contributed by atoms with Crippen LogP contribution in [0.4, 0.5) is 9.59 Å². The molecule has 0 saturated carbocycles. The van der Waals surface area contributed by atoms with Gasteiger partial charge in [0.15, 0.2) is 5.50 Å². The second-order valence-corrected chi connectivity index (χ2v) is 5.50. The van der Waals surface area contributed by atoms with Crippen molar-refractivity contribution in [2.45, 2.75) is 38.8 Å². The Labute approximate surface area is 104 Å². The van der Waals surface area contributed by atoms with Gasteiger partial charge in [0.1, 0.15) is 5.60 Å². The lowest BCUT2D eigenvalue weighted by atomic mass is 10.2. The van der Waals surface area contributed by atoms with Crippen molar-refractivity contribution >= 4 is 23.9 Å². The highest BCUT2D eigenvalue weighted by Crippen LogP contribution is 2.28. The zero-order chi connectivity index (χ0) is 13.2. The van der Waals surface area contributed by atoms with Crippen LogP contribution in [0.25, 0.3) is 0 Å². The lowest BCUT2D eigenvalue weighted by molar-refractivity contribution is 0.0492. The van der Waals surface area contributed by atoms with Crippen LogP contribution in [-0.4, -0.2) is 33.3 Å². The fraction of sp³-hybridized carbons (Fsp3) is 0.600. The maximum atomic E-state index is 11.5. The Kier molecular flexibility index (Phi) is 3.92. The van der Waals surface area contributed by atoms with E-state index in [-0.39, 0.29) is 0 Å². The molecule has 7 heteroatoms. The normalized spacial score (nSPS) is 19.9. The molecule has 1 aliphatic rings. The van der Waals surface area contributed by atoms with E-state index in [0.29, 0.717) is 5.70 Å². The van der Waals surface area contributed by atoms with Crippen molar-refractivity contribution in [3.05, 3.63) is 11.1 Å². The molecule has 2 amide bonds. The number of carbonyl (C=O) groups is 2. The van der Waals surface area contributed by atoms with Crippen LogP contribution in [0.3, 0.4) is 0 Å². The first kappa shape index (κ1) is 13.7. The largest absolute Gasteiger partial charge is 0.465 e. The molecule has 0 fully saturated rings. The van der Waals surface area contributed by atoms with E-state index in [2.05, 4.69) is 5.32 Å². The minimum Gasteiger partial charge on any atom is -0.465 e. The highest BCUT2D eigenvalue weighted by Gasteiger charge is 2.32. The van der Waals surface area contributed by atoms with Crippen molar-refractivity contribution in [1.29, 1.82) is 0 Å². The second kappa shape index (κ2) is 4.87. The Morgan fingerprint density at radius 2 is 2.12 bits per heavy atom. The van der Waals surface area contributed by atoms with Crippen molar-refractivity contribution in [3.8, 4) is 0 Å². The van der Waals surface area contributed by atoms with Gasteiger partial charge in [0.05, 0.1) is 0 Å². The zero-order valence-electron chi connectivity index (χ0n) is 10.2. The topological polar surface area (TPSA) is 78.9 Å². The van der Waals surface area contributed by atoms with Gasteiger partial charge in [0.2, 0.25) is 0 Å². The van der Waals surface area contributed by atoms with E-state index in [9.17, 15) is 9.59 Å². The summed E-state index contributed by atoms with van der Waals surface area (Å²) in [4.78, 5) is 23.5. The van der Waals surface area contributed by atoms with Crippen LogP contribution >= 0.6 is 11.8 Å². The van der Waals surface area contributed by atoms with Crippen molar-refractivity contribution in [3.63, 3.8) is 0 Å². The molecule has 0 aromatic rings. The smallest absolute Gasteiger partial charge is 0.413 e. The number of alkyl carbamates (subject to hydrolysis) is 1. The third kappa shape index (κ3) is 3.85. The van der Waals surface area contributed by atoms with Crippen LogP contribution in [0.2, 0.25) is 0 Å². The Morgan fingerprint density at radius 1 is 1.53 bits per heavy atom. The number of thioether (sulfide) groups is 1. The third-order valence-corrected chi connectivity index (χ3v) is 2.89. The predicted octanol–water partition coefficient (Wildman–Crippen LogP) is 2.38. The number of nitrogens with one attached hydrogen (secondary N) is 1. The molecule has 0 spiro atoms. The number of nitrogens with zero attached hydrogens (tertiary/aromatic N) is 1. The first-order chi connectivity index (χ1) is 7.70. The van der Waals surface area contributed by atoms with Gasteiger partial charge in [-0.15, -0.1) is 0 Å². The maximum Gasteiger partial charge on any atom is 0.413 e. The quantitative estimate of drug-likeness (QED) is 0.756. The van der Waals surface area contributed by atoms with Crippen molar-refractivity contribution < 1.29 is 19.4 Å². The average molecular weight is 260 g/mol. The third-order valence-electron chi connectivity index (χ3n) is 1.83. The van der Waals surface area contributed by atoms with Gasteiger partial charge in [-0.25, -0.2) is 9.59 Å². The number of carbonyl (C=O) groups excluding carboxylic acids is 1. The summed E-state index contributed by atoms with van der Waals surface area (Å²) >= 11 is 1.21. The first-order valence-corrected chi connectivity index (χ1v) is 5.99. The Morgan fingerprint density at radius 3 is 2.59 bits per heavy atom. The number of amides is 2. The SMILES string of the molecule is CC1=CSC(NC(=O)OC(C)(C)C)N1C(=O)O. The van der Waals surface area contributed by atoms with Crippen LogP contribution in [0, 0.1) is 0 Å². The average Bonchev–Trinajstić information content (AvgIpc) is 2.42. The van der Waals surface area contributed by atoms with Crippen LogP contribution in [-0.2, 0) is 4.74 Å². The lowest BCUT2D eigenvalue weighted by Crippen LogP contribution is -2.46. The molecule has 1 aliphatic heterocycles. The molecule has 17 heavy (non-hydrogen) atoms. The van der Waals surface area contributed by atoms with E-state index in [1.165, 1.54) is 11.8 Å². The fourth-order valence-electron chi connectivity index (χ4n) is 1.22. The molecule has 1 atom stereocenters. The van der Waals surface area contributed by atoms with Crippen LogP contribution in [0.5, 0.6) is 0 Å². The summed E-state index contributed by atoms with van der Waals surface area (Å²) in [6.07, 6.45) is -1.74. The van der Waals surface area contributed by atoms with Gasteiger partial charge in [0.25, 0.3) is 0 Å². The molecule has 1 heterocycles. The lowest BCUT2D eigenvalue weighted by Gasteiger charge is -2.25. The number of rotatable bonds is 1. The fourth-order valence-corrected chi connectivity index (χ4v) is 2.21. The molecule has 0 aromatic heterocycles. The molecular weight excluding hydrogens is 244 g/mol. The molecule has 0 radical (unpaired) electrons. The van der Waals surface area contributed by atoms with Crippen molar-refractivity contribution in [1.82, 2.24) is 10.2 Å². The van der Waals surface area contributed by atoms with Gasteiger partial charge in [-0.3, -0.25) is 10.2 Å². The van der Waals surface area contributed by atoms with E-state index in [0.717, 1.165) is 4.90 Å². The molecule has 0 aliphatic carbocycles. The van der Waals surface area contributed by atoms with Gasteiger partial charge < -0.3 is 9.84 Å². The predicted molar refractivity (Wildman–Crippen MR) is 64.4 cm³/mol. The number of carboxylic acid groups (broad SMARTS) is 1. The Hall–Kier alpha value is -1.37. The number of hydrogen-bond donors (Lipinski definition) is 2. The monoisotopic (exact) mass is 260 g/mol. The van der Waals surface area contributed by atoms with Crippen LogP contribution in [0.15, 0.2) is 11.1 Å². The second-order valence-electron chi connectivity index (χ2n) is 4.55. The minimum absolute atomic E-state index is 0.573. The summed E-state index contributed by atoms with van der Waals surface area (Å²) in [5.74, 6) is 0. The van der Waals surface area contributed by atoms with Gasteiger partial charge >= 0.3 is 12.2 Å². The van der Waals surface area contributed by atoms with Gasteiger partial charge in [0, 0.05) is 5.70 Å². The van der Waals surface area contributed by atoms with Gasteiger partial charge in [-0.1, -0.05) is 11.8 Å². The number of allylic oxidation sites excluding steroid dienone is 1. The molecule has 0 saturated heterocycles. The molecule has 1 unspecified atom stereocenters. The molecule has 96 valence electrons. The van der Waals surface area contributed by atoms with Crippen molar-refractivity contribution in [2.24, 2.45) is 0 Å². The minimum atomic E-state index is -1.11. The van der Waals surface area contributed by atoms with E-state index >= 15 is 0 Å². The molecule has 1 rings (SSSR count). The van der Waals surface area contributed by atoms with Crippen molar-refractivity contribution in [2.75, 3.05) is 0 Å². The Balaban J connectivity index is 2.59. The standard InChI is InChI=1S/C10H16N2O4S/c1-6-5-17-7(12(6)9(14)15)11-8(13)16-10(2,3)4/h5,7H,1-4H3,(H,11,13)(H,14,15). The summed E-state index contributed by atoms with van der Waals surface area (Å²) in [5, 5.41) is 13.1. The van der Waals surface area contributed by atoms with Crippen LogP contribution in [0.1, 0.15) is 27.7 Å². The zero-order valence-corrected chi connectivity index (χ0v) is 11.0. The summed E-state index contributed by atoms with van der Waals surface area (Å²) < 4.78 is 5.06. The summed E-state index contributed by atoms with van der Waals surface area (Å²) in [6.45, 7) is 6.89. The van der Waals surface area contributed by atoms with Gasteiger partial charge in [-0.2, -0.15) is 0 Å². The van der Waals surface area contributed by atoms with E-state index in [1.807, 2.05) is 0 Å². The van der Waals surface area contributed by atoms with Crippen LogP contribution < -0.4 is 5.32 Å². The highest BCUT2D eigenvalue weighted by molar-refractivity contribution is 8.02. The summed E-state index contributed by atoms with van der Waals surface area (Å²) in [6, 6.07) is 0. The molecule has 6 nitrogen and oxygen atoms in total. The highest BCUT2D eigenvalue weighted by atomic mass is 32.2. The number of hydrogen-bond acceptors (Lipinski definition) is 4. The summed E-state index contributed by atoms with van der Waals surface area (Å²) in [7, 11) is 0. The van der Waals surface area contributed by atoms with E-state index in [4.69, 9.17) is 9.84 Å². The van der Waals surface area contributed by atoms with E-state index in [1.54, 1.807) is 33.1 Å². The Bertz CT molecular complexity index is 362. The maximum absolute atomic E-state index is 11.5. The molecule has 0 bridgehead atoms.